The number of carbonyl (C=O) groups excluding carboxylic acids is 2. The van der Waals surface area contributed by atoms with E-state index in [1.165, 1.54) is 5.01 Å². The van der Waals surface area contributed by atoms with Crippen LogP contribution in [0, 0.1) is 5.92 Å². The van der Waals surface area contributed by atoms with Gasteiger partial charge in [-0.25, -0.2) is 5.01 Å². The van der Waals surface area contributed by atoms with Gasteiger partial charge in [0, 0.05) is 43.5 Å². The second-order valence-electron chi connectivity index (χ2n) is 10.6. The van der Waals surface area contributed by atoms with Crippen LogP contribution < -0.4 is 9.91 Å². The van der Waals surface area contributed by atoms with Gasteiger partial charge in [0.2, 0.25) is 5.91 Å². The first-order valence-corrected chi connectivity index (χ1v) is 15.5. The molecular weight excluding hydrogens is 474 g/mol. The third-order valence-corrected chi connectivity index (χ3v) is 10.4. The van der Waals surface area contributed by atoms with E-state index in [0.717, 1.165) is 11.3 Å². The van der Waals surface area contributed by atoms with E-state index in [4.69, 9.17) is 9.84 Å². The summed E-state index contributed by atoms with van der Waals surface area (Å²) in [6.45, 7) is 5.57. The van der Waals surface area contributed by atoms with E-state index in [1.54, 1.807) is 11.9 Å². The Balaban J connectivity index is 1.61. The molecule has 0 unspecified atom stereocenters. The Hall–Kier alpha value is -2.85. The van der Waals surface area contributed by atoms with E-state index in [-0.39, 0.29) is 29.9 Å². The molecule has 2 aromatic carbocycles. The number of nitrogens with zero attached hydrogens (tertiary/aromatic N) is 3. The van der Waals surface area contributed by atoms with Crippen LogP contribution in [0.5, 0.6) is 0 Å². The van der Waals surface area contributed by atoms with Crippen LogP contribution >= 0.6 is 0 Å². The molecule has 0 aromatic heterocycles. The predicted octanol–water partition coefficient (Wildman–Crippen LogP) is 3.37. The summed E-state index contributed by atoms with van der Waals surface area (Å²) in [6.07, 6.45) is 0.806. The first kappa shape index (κ1) is 24.8. The van der Waals surface area contributed by atoms with Crippen LogP contribution in [0.4, 0.5) is 11.4 Å². The molecule has 4 atom stereocenters. The van der Waals surface area contributed by atoms with E-state index < -0.39 is 20.0 Å². The second kappa shape index (κ2) is 8.91. The van der Waals surface area contributed by atoms with Gasteiger partial charge in [-0.15, -0.1) is 0 Å². The fourth-order valence-corrected chi connectivity index (χ4v) is 8.90. The van der Waals surface area contributed by atoms with Crippen LogP contribution in [0.3, 0.4) is 0 Å². The molecule has 8 nitrogen and oxygen atoms in total. The Labute approximate surface area is 212 Å². The number of likely N-dealkylation sites (N-methyl/N-ethyl adjacent to an activating group) is 1. The number of hydrazone groups is 1. The second-order valence-corrected chi connectivity index (χ2v) is 14.5. The molecule has 0 aliphatic carbocycles. The minimum Gasteiger partial charge on any atom is -0.432 e. The Morgan fingerprint density at radius 2 is 1.86 bits per heavy atom. The minimum atomic E-state index is -2.75. The van der Waals surface area contributed by atoms with Crippen LogP contribution in [-0.2, 0) is 19.9 Å². The molecule has 2 amide bonds. The molecule has 1 fully saturated rings. The van der Waals surface area contributed by atoms with Crippen molar-refractivity contribution in [2.45, 2.75) is 56.5 Å². The van der Waals surface area contributed by atoms with Crippen LogP contribution in [0.1, 0.15) is 37.3 Å². The van der Waals surface area contributed by atoms with Crippen molar-refractivity contribution in [1.82, 2.24) is 0 Å². The SMILES string of the molecule is C[C@H]1[C@H]([Si](C)(C)O)[C@@H](CCO)O[C@]12C(=O)N(C)c1ccc(N3N=C(c4ccccc4)CCC3=O)cc12. The van der Waals surface area contributed by atoms with E-state index in [9.17, 15) is 19.5 Å². The van der Waals surface area contributed by atoms with Gasteiger partial charge in [-0.1, -0.05) is 37.3 Å². The van der Waals surface area contributed by atoms with Gasteiger partial charge < -0.3 is 19.5 Å². The summed E-state index contributed by atoms with van der Waals surface area (Å²) in [5.74, 6) is -0.612. The lowest BCUT2D eigenvalue weighted by atomic mass is 9.82. The van der Waals surface area contributed by atoms with E-state index in [1.807, 2.05) is 68.5 Å². The zero-order valence-electron chi connectivity index (χ0n) is 21.1. The highest BCUT2D eigenvalue weighted by molar-refractivity contribution is 6.71. The maximum absolute atomic E-state index is 13.8. The molecule has 2 aromatic rings. The number of aliphatic hydroxyl groups excluding tert-OH is 1. The molecule has 9 heteroatoms. The number of rotatable bonds is 5. The number of hydrogen-bond acceptors (Lipinski definition) is 6. The number of ether oxygens (including phenoxy) is 1. The van der Waals surface area contributed by atoms with Gasteiger partial charge in [0.15, 0.2) is 13.9 Å². The first-order valence-electron chi connectivity index (χ1n) is 12.5. The summed E-state index contributed by atoms with van der Waals surface area (Å²) in [7, 11) is -1.03. The van der Waals surface area contributed by atoms with Crippen molar-refractivity contribution in [2.24, 2.45) is 11.0 Å². The van der Waals surface area contributed by atoms with Crippen molar-refractivity contribution in [3.05, 3.63) is 59.7 Å². The monoisotopic (exact) mass is 507 g/mol. The summed E-state index contributed by atoms with van der Waals surface area (Å²) in [6, 6.07) is 15.3. The summed E-state index contributed by atoms with van der Waals surface area (Å²) in [5, 5.41) is 15.8. The summed E-state index contributed by atoms with van der Waals surface area (Å²) in [5.41, 5.74) is 2.25. The van der Waals surface area contributed by atoms with Gasteiger partial charge in [0.05, 0.1) is 23.2 Å². The minimum absolute atomic E-state index is 0.0926. The van der Waals surface area contributed by atoms with Crippen LogP contribution in [0.15, 0.2) is 53.6 Å². The maximum atomic E-state index is 13.8. The van der Waals surface area contributed by atoms with Crippen molar-refractivity contribution in [3.63, 3.8) is 0 Å². The fraction of sp³-hybridized carbons (Fsp3) is 0.444. The van der Waals surface area contributed by atoms with Crippen molar-refractivity contribution in [3.8, 4) is 0 Å². The summed E-state index contributed by atoms with van der Waals surface area (Å²) < 4.78 is 6.55. The summed E-state index contributed by atoms with van der Waals surface area (Å²) >= 11 is 0. The highest BCUT2D eigenvalue weighted by Gasteiger charge is 2.65. The third kappa shape index (κ3) is 3.73. The fourth-order valence-electron chi connectivity index (χ4n) is 6.29. The zero-order chi connectivity index (χ0) is 25.8. The number of benzene rings is 2. The standard InChI is InChI=1S/C27H33N3O5Si/c1-17-25(36(3,4)34)23(14-15-31)35-27(17)20-16-19(10-12-22(20)29(2)26(27)33)30-24(32)13-11-21(28-30)18-8-6-5-7-9-18/h5-10,12,16-17,23,25,31,34H,11,13-15H2,1-4H3/t17-,23+,25-,27+/m0/s1. The van der Waals surface area contributed by atoms with Gasteiger partial charge >= 0.3 is 0 Å². The molecule has 3 aliphatic rings. The van der Waals surface area contributed by atoms with Gasteiger partial charge in [-0.2, -0.15) is 5.10 Å². The van der Waals surface area contributed by atoms with Crippen molar-refractivity contribution < 1.29 is 24.2 Å². The molecule has 2 N–H and O–H groups in total. The van der Waals surface area contributed by atoms with Gasteiger partial charge in [0.25, 0.3) is 5.91 Å². The third-order valence-electron chi connectivity index (χ3n) is 7.90. The molecular formula is C27H33N3O5Si. The van der Waals surface area contributed by atoms with Crippen LogP contribution in [-0.4, -0.2) is 55.5 Å². The Bertz CT molecular complexity index is 1230. The average Bonchev–Trinajstić information content (AvgIpc) is 3.26. The number of anilines is 2. The normalized spacial score (nSPS) is 28.2. The highest BCUT2D eigenvalue weighted by atomic mass is 28.4. The number of fused-ring (bicyclic) bond motifs is 2. The van der Waals surface area contributed by atoms with E-state index in [2.05, 4.69) is 0 Å². The lowest BCUT2D eigenvalue weighted by Crippen LogP contribution is -2.45. The molecule has 0 saturated carbocycles. The number of hydrogen-bond donors (Lipinski definition) is 2. The zero-order valence-corrected chi connectivity index (χ0v) is 22.1. The highest BCUT2D eigenvalue weighted by Crippen LogP contribution is 2.59. The van der Waals surface area contributed by atoms with Crippen LogP contribution in [0.25, 0.3) is 0 Å². The first-order chi connectivity index (χ1) is 17.1. The average molecular weight is 508 g/mol. The lowest BCUT2D eigenvalue weighted by Gasteiger charge is -2.32. The molecule has 0 bridgehead atoms. The number of carbonyl (C=O) groups is 2. The van der Waals surface area contributed by atoms with Crippen molar-refractivity contribution in [2.75, 3.05) is 23.6 Å². The van der Waals surface area contributed by atoms with E-state index in [0.29, 0.717) is 36.2 Å². The quantitative estimate of drug-likeness (QED) is 0.604. The Morgan fingerprint density at radius 1 is 1.14 bits per heavy atom. The largest absolute Gasteiger partial charge is 0.432 e. The Kier molecular flexibility index (Phi) is 6.15. The molecule has 5 rings (SSSR count). The molecule has 3 aliphatic heterocycles. The lowest BCUT2D eigenvalue weighted by molar-refractivity contribution is -0.146. The summed E-state index contributed by atoms with van der Waals surface area (Å²) in [4.78, 5) is 39.5. The number of amides is 2. The maximum Gasteiger partial charge on any atom is 0.264 e. The van der Waals surface area contributed by atoms with Gasteiger partial charge in [0.1, 0.15) is 0 Å². The van der Waals surface area contributed by atoms with Crippen molar-refractivity contribution >= 4 is 37.2 Å². The molecule has 36 heavy (non-hydrogen) atoms. The van der Waals surface area contributed by atoms with Crippen LogP contribution in [0.2, 0.25) is 18.6 Å². The Morgan fingerprint density at radius 3 is 2.53 bits per heavy atom. The number of aliphatic hydroxyl groups is 1. The molecule has 0 radical (unpaired) electrons. The smallest absolute Gasteiger partial charge is 0.264 e. The topological polar surface area (TPSA) is 103 Å². The van der Waals surface area contributed by atoms with Gasteiger partial charge in [-0.3, -0.25) is 9.59 Å². The predicted molar refractivity (Wildman–Crippen MR) is 140 cm³/mol. The van der Waals surface area contributed by atoms with E-state index >= 15 is 0 Å². The molecule has 1 spiro atoms. The van der Waals surface area contributed by atoms with Crippen molar-refractivity contribution in [1.29, 1.82) is 0 Å². The molecule has 3 heterocycles. The molecule has 1 saturated heterocycles. The molecule has 190 valence electrons. The van der Waals surface area contributed by atoms with Gasteiger partial charge in [-0.05, 0) is 43.3 Å².